The molecule has 0 saturated carbocycles. The van der Waals surface area contributed by atoms with Gasteiger partial charge in [0.1, 0.15) is 5.69 Å². The highest BCUT2D eigenvalue weighted by molar-refractivity contribution is 6.30. The van der Waals surface area contributed by atoms with E-state index in [1.807, 2.05) is 36.4 Å². The van der Waals surface area contributed by atoms with Gasteiger partial charge in [0.25, 0.3) is 5.69 Å². The summed E-state index contributed by atoms with van der Waals surface area (Å²) in [7, 11) is 0. The van der Waals surface area contributed by atoms with Crippen molar-refractivity contribution in [1.29, 1.82) is 0 Å². The average Bonchev–Trinajstić information content (AvgIpc) is 2.60. The van der Waals surface area contributed by atoms with E-state index in [-0.39, 0.29) is 11.7 Å². The predicted octanol–water partition coefficient (Wildman–Crippen LogP) is 4.84. The fourth-order valence-corrected chi connectivity index (χ4v) is 2.67. The van der Waals surface area contributed by atoms with Crippen LogP contribution in [0.2, 0.25) is 5.02 Å². The number of nitrogens with one attached hydrogen (secondary N) is 1. The van der Waals surface area contributed by atoms with E-state index in [1.54, 1.807) is 30.5 Å². The van der Waals surface area contributed by atoms with Gasteiger partial charge in [0, 0.05) is 17.3 Å². The van der Waals surface area contributed by atoms with Crippen LogP contribution in [0.4, 0.5) is 11.4 Å². The molecule has 0 bridgehead atoms. The molecule has 0 aliphatic heterocycles. The fraction of sp³-hybridized carbons (Fsp3) is 0.0556. The molecule has 0 radical (unpaired) electrons. The maximum absolute atomic E-state index is 11.3. The predicted molar refractivity (Wildman–Crippen MR) is 94.3 cm³/mol. The SMILES string of the molecule is O=[N+]([O-])c1ccccc1NC(c1cccc(Cl)c1)c1ccccn1. The third kappa shape index (κ3) is 3.52. The van der Waals surface area contributed by atoms with E-state index in [0.29, 0.717) is 10.7 Å². The van der Waals surface area contributed by atoms with E-state index < -0.39 is 4.92 Å². The molecule has 3 aromatic rings. The molecule has 120 valence electrons. The van der Waals surface area contributed by atoms with Crippen molar-refractivity contribution < 1.29 is 4.92 Å². The Kier molecular flexibility index (Phi) is 4.72. The smallest absolute Gasteiger partial charge is 0.292 e. The Labute approximate surface area is 144 Å². The lowest BCUT2D eigenvalue weighted by Gasteiger charge is -2.20. The lowest BCUT2D eigenvalue weighted by Crippen LogP contribution is -2.14. The number of hydrogen-bond donors (Lipinski definition) is 1. The minimum absolute atomic E-state index is 0.0143. The van der Waals surface area contributed by atoms with E-state index in [1.165, 1.54) is 6.07 Å². The Morgan fingerprint density at radius 3 is 2.54 bits per heavy atom. The summed E-state index contributed by atoms with van der Waals surface area (Å²) in [5.41, 5.74) is 2.07. The van der Waals surface area contributed by atoms with Crippen molar-refractivity contribution in [3.05, 3.63) is 99.3 Å². The number of anilines is 1. The van der Waals surface area contributed by atoms with Crippen LogP contribution in [-0.2, 0) is 0 Å². The fourth-order valence-electron chi connectivity index (χ4n) is 2.47. The molecule has 0 spiro atoms. The maximum atomic E-state index is 11.3. The van der Waals surface area contributed by atoms with Gasteiger partial charge in [-0.2, -0.15) is 0 Å². The Hall–Kier alpha value is -2.92. The number of pyridine rings is 1. The van der Waals surface area contributed by atoms with Crippen molar-refractivity contribution in [1.82, 2.24) is 4.98 Å². The lowest BCUT2D eigenvalue weighted by molar-refractivity contribution is -0.384. The first-order valence-corrected chi connectivity index (χ1v) is 7.69. The molecular formula is C18H14ClN3O2. The van der Waals surface area contributed by atoms with E-state index in [9.17, 15) is 10.1 Å². The molecule has 0 aliphatic carbocycles. The zero-order valence-electron chi connectivity index (χ0n) is 12.6. The van der Waals surface area contributed by atoms with E-state index in [0.717, 1.165) is 11.3 Å². The van der Waals surface area contributed by atoms with Gasteiger partial charge < -0.3 is 5.32 Å². The zero-order valence-corrected chi connectivity index (χ0v) is 13.4. The summed E-state index contributed by atoms with van der Waals surface area (Å²) in [5.74, 6) is 0. The van der Waals surface area contributed by atoms with Gasteiger partial charge >= 0.3 is 0 Å². The minimum atomic E-state index is -0.407. The highest BCUT2D eigenvalue weighted by Gasteiger charge is 2.20. The number of hydrogen-bond acceptors (Lipinski definition) is 4. The highest BCUT2D eigenvalue weighted by atomic mass is 35.5. The molecule has 1 N–H and O–H groups in total. The first-order chi connectivity index (χ1) is 11.6. The van der Waals surface area contributed by atoms with Crippen LogP contribution in [0.15, 0.2) is 72.9 Å². The summed E-state index contributed by atoms with van der Waals surface area (Å²) in [6.07, 6.45) is 1.69. The van der Waals surface area contributed by atoms with Crippen molar-refractivity contribution in [2.75, 3.05) is 5.32 Å². The van der Waals surface area contributed by atoms with Crippen LogP contribution >= 0.6 is 11.6 Å². The topological polar surface area (TPSA) is 68.1 Å². The largest absolute Gasteiger partial charge is 0.367 e. The highest BCUT2D eigenvalue weighted by Crippen LogP contribution is 2.31. The summed E-state index contributed by atoms with van der Waals surface area (Å²) in [5, 5.41) is 15.1. The number of nitro groups is 1. The molecule has 1 unspecified atom stereocenters. The van der Waals surface area contributed by atoms with Gasteiger partial charge in [0.2, 0.25) is 0 Å². The van der Waals surface area contributed by atoms with Crippen LogP contribution in [0.3, 0.4) is 0 Å². The monoisotopic (exact) mass is 339 g/mol. The number of rotatable bonds is 5. The second-order valence-corrected chi connectivity index (χ2v) is 5.60. The minimum Gasteiger partial charge on any atom is -0.367 e. The summed E-state index contributed by atoms with van der Waals surface area (Å²) in [6.45, 7) is 0. The number of nitrogens with zero attached hydrogens (tertiary/aromatic N) is 2. The van der Waals surface area contributed by atoms with Crippen LogP contribution in [0.1, 0.15) is 17.3 Å². The van der Waals surface area contributed by atoms with Crippen molar-refractivity contribution >= 4 is 23.0 Å². The second kappa shape index (κ2) is 7.10. The summed E-state index contributed by atoms with van der Waals surface area (Å²) >= 11 is 6.10. The molecular weight excluding hydrogens is 326 g/mol. The molecule has 1 aromatic heterocycles. The van der Waals surface area contributed by atoms with Gasteiger partial charge in [-0.1, -0.05) is 41.9 Å². The standard InChI is InChI=1S/C18H14ClN3O2/c19-14-7-5-6-13(12-14)18(16-9-3-4-11-20-16)21-15-8-1-2-10-17(15)22(23)24/h1-12,18,21H. The number of benzene rings is 2. The van der Waals surface area contributed by atoms with Gasteiger partial charge in [0.05, 0.1) is 16.7 Å². The van der Waals surface area contributed by atoms with Crippen LogP contribution in [-0.4, -0.2) is 9.91 Å². The lowest BCUT2D eigenvalue weighted by atomic mass is 10.0. The Bertz CT molecular complexity index is 856. The maximum Gasteiger partial charge on any atom is 0.292 e. The second-order valence-electron chi connectivity index (χ2n) is 5.16. The van der Waals surface area contributed by atoms with Crippen molar-refractivity contribution in [3.8, 4) is 0 Å². The number of aromatic nitrogens is 1. The Morgan fingerprint density at radius 2 is 1.83 bits per heavy atom. The third-order valence-corrected chi connectivity index (χ3v) is 3.80. The molecule has 0 saturated heterocycles. The van der Waals surface area contributed by atoms with Gasteiger partial charge in [-0.15, -0.1) is 0 Å². The summed E-state index contributed by atoms with van der Waals surface area (Å²) < 4.78 is 0. The van der Waals surface area contributed by atoms with Crippen LogP contribution in [0.5, 0.6) is 0 Å². The van der Waals surface area contributed by atoms with E-state index in [2.05, 4.69) is 10.3 Å². The quantitative estimate of drug-likeness (QED) is 0.533. The van der Waals surface area contributed by atoms with E-state index in [4.69, 9.17) is 11.6 Å². The van der Waals surface area contributed by atoms with Gasteiger partial charge in [-0.25, -0.2) is 0 Å². The molecule has 0 amide bonds. The molecule has 0 fully saturated rings. The van der Waals surface area contributed by atoms with Gasteiger partial charge in [0.15, 0.2) is 0 Å². The average molecular weight is 340 g/mol. The van der Waals surface area contributed by atoms with Crippen molar-refractivity contribution in [3.63, 3.8) is 0 Å². The molecule has 5 nitrogen and oxygen atoms in total. The zero-order chi connectivity index (χ0) is 16.9. The molecule has 0 aliphatic rings. The number of halogens is 1. The summed E-state index contributed by atoms with van der Waals surface area (Å²) in [4.78, 5) is 15.2. The Balaban J connectivity index is 2.05. The molecule has 24 heavy (non-hydrogen) atoms. The van der Waals surface area contributed by atoms with Crippen LogP contribution in [0, 0.1) is 10.1 Å². The number of nitro benzene ring substituents is 1. The Morgan fingerprint density at radius 1 is 1.04 bits per heavy atom. The third-order valence-electron chi connectivity index (χ3n) is 3.57. The molecule has 2 aromatic carbocycles. The van der Waals surface area contributed by atoms with Crippen molar-refractivity contribution in [2.24, 2.45) is 0 Å². The normalized spacial score (nSPS) is 11.7. The van der Waals surface area contributed by atoms with Crippen LogP contribution in [0.25, 0.3) is 0 Å². The van der Waals surface area contributed by atoms with Crippen LogP contribution < -0.4 is 5.32 Å². The first-order valence-electron chi connectivity index (χ1n) is 7.31. The van der Waals surface area contributed by atoms with Gasteiger partial charge in [-0.3, -0.25) is 15.1 Å². The van der Waals surface area contributed by atoms with E-state index >= 15 is 0 Å². The number of para-hydroxylation sites is 2. The molecule has 1 atom stereocenters. The van der Waals surface area contributed by atoms with Crippen molar-refractivity contribution in [2.45, 2.75) is 6.04 Å². The molecule has 1 heterocycles. The first kappa shape index (κ1) is 16.0. The molecule has 6 heteroatoms. The molecule has 3 rings (SSSR count). The van der Waals surface area contributed by atoms with Gasteiger partial charge in [-0.05, 0) is 35.9 Å². The summed E-state index contributed by atoms with van der Waals surface area (Å²) in [6, 6.07) is 19.1.